The summed E-state index contributed by atoms with van der Waals surface area (Å²) < 4.78 is 0. The number of thiophene rings is 1. The number of halogens is 1. The first kappa shape index (κ1) is 13.3. The molecule has 20 heavy (non-hydrogen) atoms. The Kier molecular flexibility index (Phi) is 4.14. The minimum atomic E-state index is 0.150. The Morgan fingerprint density at radius 2 is 2.00 bits per heavy atom. The van der Waals surface area contributed by atoms with Gasteiger partial charge in [-0.2, -0.15) is 0 Å². The predicted octanol–water partition coefficient (Wildman–Crippen LogP) is 3.95. The number of fused-ring (bicyclic) bond motifs is 1. The van der Waals surface area contributed by atoms with E-state index in [-0.39, 0.29) is 6.04 Å². The van der Waals surface area contributed by atoms with E-state index >= 15 is 0 Å². The third-order valence-corrected chi connectivity index (χ3v) is 4.31. The molecule has 0 fully saturated rings. The molecular weight excluding hydrogens is 290 g/mol. The first-order chi connectivity index (χ1) is 9.86. The van der Waals surface area contributed by atoms with E-state index in [4.69, 9.17) is 11.6 Å². The van der Waals surface area contributed by atoms with Gasteiger partial charge in [0.25, 0.3) is 0 Å². The first-order valence-corrected chi connectivity index (χ1v) is 7.83. The molecule has 1 aromatic carbocycles. The van der Waals surface area contributed by atoms with Crippen molar-refractivity contribution in [1.82, 2.24) is 9.97 Å². The number of nitrogens with one attached hydrogen (secondary N) is 1. The molecule has 0 bridgehead atoms. The van der Waals surface area contributed by atoms with Gasteiger partial charge in [0.15, 0.2) is 0 Å². The molecule has 1 unspecified atom stereocenters. The van der Waals surface area contributed by atoms with Crippen molar-refractivity contribution in [3.05, 3.63) is 53.7 Å². The Balaban J connectivity index is 1.79. The van der Waals surface area contributed by atoms with E-state index < -0.39 is 0 Å². The minimum Gasteiger partial charge on any atom is -0.365 e. The summed E-state index contributed by atoms with van der Waals surface area (Å²) >= 11 is 7.71. The van der Waals surface area contributed by atoms with E-state index in [0.717, 1.165) is 22.5 Å². The molecular formula is C15H14ClN3S. The van der Waals surface area contributed by atoms with Gasteiger partial charge in [0.1, 0.15) is 17.0 Å². The lowest BCUT2D eigenvalue weighted by Gasteiger charge is -2.17. The standard InChI is InChI=1S/C15H14ClN3S/c16-9-12(8-11-4-2-1-3-5-11)19-14-13-6-7-20-15(13)18-10-17-14/h1-7,10,12H,8-9H2,(H,17,18,19). The van der Waals surface area contributed by atoms with Gasteiger partial charge in [-0.1, -0.05) is 30.3 Å². The SMILES string of the molecule is ClCC(Cc1ccccc1)Nc1ncnc2sccc12. The minimum absolute atomic E-state index is 0.150. The fourth-order valence-corrected chi connectivity index (χ4v) is 3.06. The highest BCUT2D eigenvalue weighted by Crippen LogP contribution is 2.24. The van der Waals surface area contributed by atoms with E-state index in [0.29, 0.717) is 5.88 Å². The Bertz CT molecular complexity index is 684. The fraction of sp³-hybridized carbons (Fsp3) is 0.200. The maximum Gasteiger partial charge on any atom is 0.138 e. The van der Waals surface area contributed by atoms with Gasteiger partial charge in [0.2, 0.25) is 0 Å². The van der Waals surface area contributed by atoms with E-state index in [1.54, 1.807) is 17.7 Å². The summed E-state index contributed by atoms with van der Waals surface area (Å²) in [6, 6.07) is 12.5. The van der Waals surface area contributed by atoms with Crippen molar-refractivity contribution >= 4 is 39.0 Å². The van der Waals surface area contributed by atoms with E-state index in [1.807, 2.05) is 29.6 Å². The van der Waals surface area contributed by atoms with E-state index in [1.165, 1.54) is 5.56 Å². The van der Waals surface area contributed by atoms with Crippen LogP contribution in [0.2, 0.25) is 0 Å². The molecule has 3 rings (SSSR count). The summed E-state index contributed by atoms with van der Waals surface area (Å²) in [7, 11) is 0. The zero-order valence-corrected chi connectivity index (χ0v) is 12.4. The largest absolute Gasteiger partial charge is 0.365 e. The maximum atomic E-state index is 6.09. The van der Waals surface area contributed by atoms with Crippen LogP contribution < -0.4 is 5.32 Å². The first-order valence-electron chi connectivity index (χ1n) is 6.41. The third kappa shape index (κ3) is 2.92. The van der Waals surface area contributed by atoms with Crippen LogP contribution in [0.15, 0.2) is 48.1 Å². The molecule has 0 saturated carbocycles. The topological polar surface area (TPSA) is 37.8 Å². The van der Waals surface area contributed by atoms with Gasteiger partial charge in [0.05, 0.1) is 5.39 Å². The zero-order chi connectivity index (χ0) is 13.8. The quantitative estimate of drug-likeness (QED) is 0.725. The Hall–Kier alpha value is -1.65. The molecule has 0 aliphatic carbocycles. The normalized spacial score (nSPS) is 12.4. The summed E-state index contributed by atoms with van der Waals surface area (Å²) in [5, 5.41) is 6.51. The van der Waals surface area contributed by atoms with Gasteiger partial charge < -0.3 is 5.32 Å². The van der Waals surface area contributed by atoms with Crippen LogP contribution in [-0.4, -0.2) is 21.9 Å². The van der Waals surface area contributed by atoms with Crippen LogP contribution in [0.5, 0.6) is 0 Å². The molecule has 1 N–H and O–H groups in total. The fourth-order valence-electron chi connectivity index (χ4n) is 2.14. The maximum absolute atomic E-state index is 6.09. The molecule has 3 nitrogen and oxygen atoms in total. The van der Waals surface area contributed by atoms with Gasteiger partial charge in [0, 0.05) is 11.9 Å². The van der Waals surface area contributed by atoms with Crippen molar-refractivity contribution in [2.75, 3.05) is 11.2 Å². The third-order valence-electron chi connectivity index (χ3n) is 3.11. The summed E-state index contributed by atoms with van der Waals surface area (Å²) in [4.78, 5) is 9.58. The number of aromatic nitrogens is 2. The van der Waals surface area contributed by atoms with Gasteiger partial charge >= 0.3 is 0 Å². The van der Waals surface area contributed by atoms with Gasteiger partial charge in [-0.25, -0.2) is 9.97 Å². The van der Waals surface area contributed by atoms with Crippen molar-refractivity contribution in [2.45, 2.75) is 12.5 Å². The zero-order valence-electron chi connectivity index (χ0n) is 10.8. The molecule has 3 aromatic rings. The highest BCUT2D eigenvalue weighted by Gasteiger charge is 2.12. The van der Waals surface area contributed by atoms with Crippen LogP contribution >= 0.6 is 22.9 Å². The Labute approximate surface area is 126 Å². The smallest absolute Gasteiger partial charge is 0.138 e. The number of nitrogens with zero attached hydrogens (tertiary/aromatic N) is 2. The van der Waals surface area contributed by atoms with Crippen molar-refractivity contribution < 1.29 is 0 Å². The molecule has 1 atom stereocenters. The molecule has 0 spiro atoms. The Morgan fingerprint density at radius 3 is 2.80 bits per heavy atom. The molecule has 0 aliphatic heterocycles. The van der Waals surface area contributed by atoms with Crippen LogP contribution in [-0.2, 0) is 6.42 Å². The second-order valence-electron chi connectivity index (χ2n) is 4.55. The second-order valence-corrected chi connectivity index (χ2v) is 5.75. The van der Waals surface area contributed by atoms with Crippen LogP contribution in [0.1, 0.15) is 5.56 Å². The van der Waals surface area contributed by atoms with Crippen molar-refractivity contribution in [3.63, 3.8) is 0 Å². The van der Waals surface area contributed by atoms with Gasteiger partial charge in [-0.15, -0.1) is 22.9 Å². The van der Waals surface area contributed by atoms with Crippen LogP contribution in [0, 0.1) is 0 Å². The predicted molar refractivity (Wildman–Crippen MR) is 85.7 cm³/mol. The highest BCUT2D eigenvalue weighted by molar-refractivity contribution is 7.16. The molecule has 5 heteroatoms. The molecule has 0 saturated heterocycles. The number of hydrogen-bond donors (Lipinski definition) is 1. The lowest BCUT2D eigenvalue weighted by Crippen LogP contribution is -2.24. The number of rotatable bonds is 5. The molecule has 0 radical (unpaired) electrons. The lowest BCUT2D eigenvalue weighted by atomic mass is 10.1. The molecule has 2 heterocycles. The average Bonchev–Trinajstić information content (AvgIpc) is 2.97. The second kappa shape index (κ2) is 6.20. The summed E-state index contributed by atoms with van der Waals surface area (Å²) in [6.45, 7) is 0. The van der Waals surface area contributed by atoms with Crippen molar-refractivity contribution in [3.8, 4) is 0 Å². The molecule has 102 valence electrons. The Morgan fingerprint density at radius 1 is 1.15 bits per heavy atom. The van der Waals surface area contributed by atoms with E-state index in [9.17, 15) is 0 Å². The summed E-state index contributed by atoms with van der Waals surface area (Å²) in [6.07, 6.45) is 2.47. The van der Waals surface area contributed by atoms with Gasteiger partial charge in [-0.3, -0.25) is 0 Å². The number of alkyl halides is 1. The molecule has 0 amide bonds. The monoisotopic (exact) mass is 303 g/mol. The average molecular weight is 304 g/mol. The molecule has 2 aromatic heterocycles. The van der Waals surface area contributed by atoms with Crippen molar-refractivity contribution in [1.29, 1.82) is 0 Å². The van der Waals surface area contributed by atoms with E-state index in [2.05, 4.69) is 27.4 Å². The van der Waals surface area contributed by atoms with Crippen molar-refractivity contribution in [2.24, 2.45) is 0 Å². The molecule has 0 aliphatic rings. The summed E-state index contributed by atoms with van der Waals surface area (Å²) in [5.74, 6) is 1.39. The number of benzene rings is 1. The highest BCUT2D eigenvalue weighted by atomic mass is 35.5. The summed E-state index contributed by atoms with van der Waals surface area (Å²) in [5.41, 5.74) is 1.27. The number of anilines is 1. The van der Waals surface area contributed by atoms with Crippen LogP contribution in [0.25, 0.3) is 10.2 Å². The van der Waals surface area contributed by atoms with Crippen LogP contribution in [0.4, 0.5) is 5.82 Å². The van der Waals surface area contributed by atoms with Crippen LogP contribution in [0.3, 0.4) is 0 Å². The van der Waals surface area contributed by atoms with Gasteiger partial charge in [-0.05, 0) is 23.4 Å². The lowest BCUT2D eigenvalue weighted by molar-refractivity contribution is 0.792. The number of hydrogen-bond acceptors (Lipinski definition) is 4.